The van der Waals surface area contributed by atoms with Crippen LogP contribution in [0.15, 0.2) is 24.9 Å². The Hall–Kier alpha value is -2.68. The quantitative estimate of drug-likeness (QED) is 0.868. The van der Waals surface area contributed by atoms with Crippen molar-refractivity contribution >= 4 is 11.9 Å². The zero-order valence-corrected chi connectivity index (χ0v) is 12.8. The van der Waals surface area contributed by atoms with Crippen LogP contribution in [0, 0.1) is 17.2 Å². The lowest BCUT2D eigenvalue weighted by molar-refractivity contribution is 0.315. The first kappa shape index (κ1) is 13.9. The molecule has 0 unspecified atom stereocenters. The molecule has 0 bridgehead atoms. The Kier molecular flexibility index (Phi) is 3.54. The predicted octanol–water partition coefficient (Wildman–Crippen LogP) is 3.21. The summed E-state index contributed by atoms with van der Waals surface area (Å²) in [4.78, 5) is 8.57. The van der Waals surface area contributed by atoms with Crippen molar-refractivity contribution in [3.63, 3.8) is 0 Å². The average Bonchev–Trinajstić information content (AvgIpc) is 3.32. The molecule has 0 aromatic carbocycles. The van der Waals surface area contributed by atoms with Crippen LogP contribution in [0.2, 0.25) is 0 Å². The fraction of sp³-hybridized carbons (Fsp3) is 0.412. The Labute approximate surface area is 134 Å². The average molecular weight is 305 g/mol. The first-order valence-electron chi connectivity index (χ1n) is 8.00. The molecule has 1 aliphatic heterocycles. The van der Waals surface area contributed by atoms with Crippen molar-refractivity contribution in [2.45, 2.75) is 38.1 Å². The summed E-state index contributed by atoms with van der Waals surface area (Å²) in [6.07, 6.45) is 14.4. The van der Waals surface area contributed by atoms with E-state index in [1.54, 1.807) is 6.20 Å². The molecule has 0 N–H and O–H groups in total. The molecular formula is C17H17N6. The summed E-state index contributed by atoms with van der Waals surface area (Å²) >= 11 is 0. The fourth-order valence-corrected chi connectivity index (χ4v) is 3.61. The Morgan fingerprint density at radius 2 is 2.17 bits per heavy atom. The van der Waals surface area contributed by atoms with Gasteiger partial charge in [0.05, 0.1) is 30.4 Å². The highest BCUT2D eigenvalue weighted by Gasteiger charge is 2.27. The van der Waals surface area contributed by atoms with E-state index in [0.717, 1.165) is 16.8 Å². The van der Waals surface area contributed by atoms with Gasteiger partial charge in [-0.3, -0.25) is 4.68 Å². The molecule has 3 heterocycles. The summed E-state index contributed by atoms with van der Waals surface area (Å²) in [5.74, 6) is 1.25. The maximum absolute atomic E-state index is 9.18. The van der Waals surface area contributed by atoms with Gasteiger partial charge in [-0.2, -0.15) is 10.4 Å². The number of nitriles is 1. The number of aromatic nitrogens is 4. The highest BCUT2D eigenvalue weighted by molar-refractivity contribution is 5.79. The number of hydrogen-bond acceptors (Lipinski definition) is 4. The third kappa shape index (κ3) is 2.48. The number of rotatable bonds is 4. The van der Waals surface area contributed by atoms with E-state index >= 15 is 0 Å². The molecule has 23 heavy (non-hydrogen) atoms. The first-order valence-corrected chi connectivity index (χ1v) is 8.00. The van der Waals surface area contributed by atoms with Gasteiger partial charge in [0.1, 0.15) is 6.33 Å². The van der Waals surface area contributed by atoms with Gasteiger partial charge in [-0.25, -0.2) is 15.3 Å². The molecule has 0 saturated heterocycles. The summed E-state index contributed by atoms with van der Waals surface area (Å²) in [6.45, 7) is 0. The first-order chi connectivity index (χ1) is 11.4. The molecule has 2 aromatic rings. The molecule has 1 atom stereocenters. The van der Waals surface area contributed by atoms with Crippen LogP contribution >= 0.6 is 0 Å². The highest BCUT2D eigenvalue weighted by Crippen LogP contribution is 2.37. The summed E-state index contributed by atoms with van der Waals surface area (Å²) < 4.78 is 1.96. The van der Waals surface area contributed by atoms with Gasteiger partial charge in [0.25, 0.3) is 0 Å². The molecule has 1 fully saturated rings. The van der Waals surface area contributed by atoms with Crippen molar-refractivity contribution < 1.29 is 0 Å². The molecule has 2 aliphatic rings. The van der Waals surface area contributed by atoms with Crippen molar-refractivity contribution in [1.29, 1.82) is 5.26 Å². The second-order valence-electron chi connectivity index (χ2n) is 6.09. The number of hydrogen-bond donors (Lipinski definition) is 0. The lowest BCUT2D eigenvalue weighted by Crippen LogP contribution is -2.17. The molecule has 2 aromatic heterocycles. The van der Waals surface area contributed by atoms with Crippen molar-refractivity contribution in [2.75, 3.05) is 0 Å². The highest BCUT2D eigenvalue weighted by atomic mass is 15.3. The van der Waals surface area contributed by atoms with E-state index in [4.69, 9.17) is 0 Å². The minimum Gasteiger partial charge on any atom is -0.268 e. The monoisotopic (exact) mass is 305 g/mol. The van der Waals surface area contributed by atoms with E-state index in [2.05, 4.69) is 26.5 Å². The molecular weight excluding hydrogens is 288 g/mol. The smallest absolute Gasteiger partial charge is 0.163 e. The second-order valence-corrected chi connectivity index (χ2v) is 6.09. The second kappa shape index (κ2) is 5.84. The van der Waals surface area contributed by atoms with E-state index < -0.39 is 0 Å². The lowest BCUT2D eigenvalue weighted by Gasteiger charge is -2.21. The normalized spacial score (nSPS) is 17.7. The summed E-state index contributed by atoms with van der Waals surface area (Å²) in [5, 5.41) is 17.9. The van der Waals surface area contributed by atoms with Crippen LogP contribution in [0.3, 0.4) is 0 Å². The fourth-order valence-electron chi connectivity index (χ4n) is 3.61. The Balaban J connectivity index is 1.67. The zero-order chi connectivity index (χ0) is 15.6. The van der Waals surface area contributed by atoms with E-state index in [0.29, 0.717) is 18.2 Å². The molecule has 4 rings (SSSR count). The van der Waals surface area contributed by atoms with Gasteiger partial charge >= 0.3 is 0 Å². The van der Waals surface area contributed by atoms with Crippen LogP contribution in [0.1, 0.15) is 43.7 Å². The van der Waals surface area contributed by atoms with Gasteiger partial charge in [0.15, 0.2) is 5.82 Å². The van der Waals surface area contributed by atoms with Crippen molar-refractivity contribution in [2.24, 2.45) is 5.92 Å². The van der Waals surface area contributed by atoms with Crippen LogP contribution in [-0.4, -0.2) is 19.7 Å². The van der Waals surface area contributed by atoms with Crippen LogP contribution in [0.5, 0.6) is 0 Å². The molecule has 0 spiro atoms. The molecule has 1 saturated carbocycles. The third-order valence-corrected chi connectivity index (χ3v) is 4.76. The maximum Gasteiger partial charge on any atom is 0.163 e. The molecule has 6 nitrogen and oxygen atoms in total. The molecule has 115 valence electrons. The number of nitrogens with zero attached hydrogens (tertiary/aromatic N) is 6. The summed E-state index contributed by atoms with van der Waals surface area (Å²) in [6, 6.07) is 2.48. The van der Waals surface area contributed by atoms with E-state index in [-0.39, 0.29) is 6.04 Å². The molecule has 6 heteroatoms. The van der Waals surface area contributed by atoms with Gasteiger partial charge in [-0.1, -0.05) is 12.8 Å². The van der Waals surface area contributed by atoms with Gasteiger partial charge in [-0.15, -0.1) is 0 Å². The van der Waals surface area contributed by atoms with Gasteiger partial charge < -0.3 is 0 Å². The summed E-state index contributed by atoms with van der Waals surface area (Å²) in [7, 11) is 0. The van der Waals surface area contributed by atoms with Gasteiger partial charge in [-0.05, 0) is 24.8 Å². The topological polar surface area (TPSA) is 81.5 Å². The molecule has 1 radical (unpaired) electrons. The SMILES string of the molecule is N#CC[C@H](C1CCCC1)n1cc(-c2ncnc3c2C=C[N]3)cn1. The van der Waals surface area contributed by atoms with Crippen molar-refractivity contribution in [3.05, 3.63) is 30.5 Å². The number of fused-ring (bicyclic) bond motifs is 1. The van der Waals surface area contributed by atoms with Crippen LogP contribution in [-0.2, 0) is 0 Å². The standard InChI is InChI=1S/C17H17N6/c18-7-5-15(12-3-1-2-4-12)23-10-13(9-22-23)16-14-6-8-19-17(14)21-11-20-16/h6,8-12,15H,1-5H2/t15-/m1/s1. The van der Waals surface area contributed by atoms with Crippen LogP contribution in [0.25, 0.3) is 17.3 Å². The largest absolute Gasteiger partial charge is 0.268 e. The van der Waals surface area contributed by atoms with Crippen molar-refractivity contribution in [3.8, 4) is 17.3 Å². The lowest BCUT2D eigenvalue weighted by atomic mass is 9.96. The third-order valence-electron chi connectivity index (χ3n) is 4.76. The Morgan fingerprint density at radius 1 is 1.30 bits per heavy atom. The maximum atomic E-state index is 9.18. The van der Waals surface area contributed by atoms with E-state index in [9.17, 15) is 5.26 Å². The van der Waals surface area contributed by atoms with Gasteiger partial charge in [0, 0.05) is 23.5 Å². The summed E-state index contributed by atoms with van der Waals surface area (Å²) in [5.41, 5.74) is 2.73. The van der Waals surface area contributed by atoms with Crippen molar-refractivity contribution in [1.82, 2.24) is 25.1 Å². The zero-order valence-electron chi connectivity index (χ0n) is 12.8. The van der Waals surface area contributed by atoms with Gasteiger partial charge in [0.2, 0.25) is 0 Å². The van der Waals surface area contributed by atoms with Crippen LogP contribution in [0.4, 0.5) is 5.82 Å². The van der Waals surface area contributed by atoms with E-state index in [1.165, 1.54) is 32.0 Å². The Morgan fingerprint density at radius 3 is 3.00 bits per heavy atom. The Bertz CT molecular complexity index is 779. The van der Waals surface area contributed by atoms with Crippen LogP contribution < -0.4 is 5.32 Å². The molecule has 1 aliphatic carbocycles. The predicted molar refractivity (Wildman–Crippen MR) is 85.3 cm³/mol. The van der Waals surface area contributed by atoms with E-state index in [1.807, 2.05) is 23.2 Å². The minimum absolute atomic E-state index is 0.159. The minimum atomic E-state index is 0.159. The molecule has 0 amide bonds.